The van der Waals surface area contributed by atoms with Crippen molar-refractivity contribution < 1.29 is 9.90 Å². The van der Waals surface area contributed by atoms with Gasteiger partial charge in [-0.3, -0.25) is 0 Å². The molecule has 5 rings (SSSR count). The summed E-state index contributed by atoms with van der Waals surface area (Å²) in [5, 5.41) is 10.9. The van der Waals surface area contributed by atoms with Gasteiger partial charge in [0.15, 0.2) is 0 Å². The topological polar surface area (TPSA) is 37.3 Å². The second-order valence-electron chi connectivity index (χ2n) is 14.8. The first-order valence-corrected chi connectivity index (χ1v) is 14.2. The third kappa shape index (κ3) is 2.91. The Balaban J connectivity index is 1.60. The van der Waals surface area contributed by atoms with Crippen LogP contribution >= 0.6 is 0 Å². The van der Waals surface area contributed by atoms with E-state index < -0.39 is 0 Å². The predicted molar refractivity (Wildman–Crippen MR) is 136 cm³/mol. The van der Waals surface area contributed by atoms with Gasteiger partial charge in [0, 0.05) is 6.42 Å². The number of aldehydes is 1. The molecule has 0 bridgehead atoms. The Kier molecular flexibility index (Phi) is 5.43. The van der Waals surface area contributed by atoms with Gasteiger partial charge >= 0.3 is 0 Å². The zero-order valence-electron chi connectivity index (χ0n) is 22.5. The van der Waals surface area contributed by atoms with E-state index in [4.69, 9.17) is 0 Å². The molecule has 0 saturated heterocycles. The fraction of sp³-hybridized carbons (Fsp3) is 0.903. The molecule has 0 spiro atoms. The molecule has 0 aliphatic heterocycles. The van der Waals surface area contributed by atoms with E-state index in [0.717, 1.165) is 18.8 Å². The first-order chi connectivity index (χ1) is 15.4. The molecule has 0 radical (unpaired) electrons. The Bertz CT molecular complexity index is 842. The molecule has 2 nitrogen and oxygen atoms in total. The zero-order valence-corrected chi connectivity index (χ0v) is 22.5. The lowest BCUT2D eigenvalue weighted by Gasteiger charge is -2.71. The first kappa shape index (κ1) is 24.1. The molecule has 1 N–H and O–H groups in total. The number of aliphatic hydroxyl groups excluding tert-OH is 1. The Morgan fingerprint density at radius 1 is 0.939 bits per heavy atom. The lowest BCUT2D eigenvalue weighted by molar-refractivity contribution is -0.204. The largest absolute Gasteiger partial charge is 0.393 e. The van der Waals surface area contributed by atoms with Gasteiger partial charge in [-0.05, 0) is 114 Å². The fourth-order valence-corrected chi connectivity index (χ4v) is 11.1. The molecule has 0 aromatic heterocycles. The van der Waals surface area contributed by atoms with Gasteiger partial charge in [-0.1, -0.05) is 60.1 Å². The molecule has 0 aromatic carbocycles. The summed E-state index contributed by atoms with van der Waals surface area (Å²) in [6.07, 6.45) is 15.5. The van der Waals surface area contributed by atoms with Crippen LogP contribution in [0.1, 0.15) is 113 Å². The summed E-state index contributed by atoms with van der Waals surface area (Å²) in [6.45, 7) is 17.5. The van der Waals surface area contributed by atoms with Gasteiger partial charge < -0.3 is 9.90 Å². The van der Waals surface area contributed by atoms with Gasteiger partial charge in [-0.2, -0.15) is 0 Å². The average Bonchev–Trinajstić information content (AvgIpc) is 2.75. The van der Waals surface area contributed by atoms with Gasteiger partial charge in [-0.15, -0.1) is 0 Å². The average molecular weight is 455 g/mol. The fourth-order valence-electron chi connectivity index (χ4n) is 11.1. The molecule has 10 atom stereocenters. The number of fused-ring (bicyclic) bond motifs is 7. The van der Waals surface area contributed by atoms with Crippen LogP contribution in [-0.2, 0) is 4.79 Å². The van der Waals surface area contributed by atoms with Crippen LogP contribution < -0.4 is 0 Å². The molecule has 0 aromatic rings. The van der Waals surface area contributed by atoms with Crippen molar-refractivity contribution in [3.63, 3.8) is 0 Å². The van der Waals surface area contributed by atoms with E-state index in [-0.39, 0.29) is 22.3 Å². The minimum Gasteiger partial charge on any atom is -0.393 e. The molecule has 0 heterocycles. The molecular formula is C31H50O2. The molecule has 0 amide bonds. The highest BCUT2D eigenvalue weighted by molar-refractivity contribution is 5.52. The highest BCUT2D eigenvalue weighted by Gasteiger charge is 2.68. The van der Waals surface area contributed by atoms with Crippen molar-refractivity contribution in [2.75, 3.05) is 0 Å². The number of hydrogen-bond acceptors (Lipinski definition) is 2. The zero-order chi connectivity index (χ0) is 24.0. The monoisotopic (exact) mass is 454 g/mol. The molecule has 0 unspecified atom stereocenters. The van der Waals surface area contributed by atoms with Gasteiger partial charge in [0.05, 0.1) is 6.10 Å². The van der Waals surface area contributed by atoms with Crippen molar-refractivity contribution in [2.24, 2.45) is 56.7 Å². The second kappa shape index (κ2) is 7.44. The van der Waals surface area contributed by atoms with E-state index in [0.29, 0.717) is 34.5 Å². The molecule has 4 fully saturated rings. The number of carbonyl (C=O) groups is 1. The smallest absolute Gasteiger partial charge is 0.120 e. The number of allylic oxidation sites excluding steroid dienone is 2. The molecule has 5 aliphatic carbocycles. The van der Waals surface area contributed by atoms with E-state index in [1.807, 2.05) is 0 Å². The number of aliphatic hydroxyl groups is 1. The summed E-state index contributed by atoms with van der Waals surface area (Å²) in [5.74, 6) is 3.30. The van der Waals surface area contributed by atoms with E-state index in [1.54, 1.807) is 5.57 Å². The highest BCUT2D eigenvalue weighted by Crippen LogP contribution is 2.76. The molecular weight excluding hydrogens is 404 g/mol. The predicted octanol–water partition coefficient (Wildman–Crippen LogP) is 7.59. The van der Waals surface area contributed by atoms with E-state index in [1.165, 1.54) is 57.7 Å². The third-order valence-electron chi connectivity index (χ3n) is 13.6. The summed E-state index contributed by atoms with van der Waals surface area (Å²) < 4.78 is 0. The standard InChI is InChI=1S/C31H50O2/c1-20-10-15-31(18-19-32)17-16-29(6)22(26(31)21(20)2)8-9-24-28(5)13-12-25(33)27(3,4)23(28)11-14-30(24,29)7/h8,19-21,23-26,33H,9-18H2,1-7H3/t20-,21+,23+,24-,25+,26+,28+,29-,30-,31-/m1/s1. The second-order valence-corrected chi connectivity index (χ2v) is 14.8. The van der Waals surface area contributed by atoms with Crippen molar-refractivity contribution in [2.45, 2.75) is 119 Å². The van der Waals surface area contributed by atoms with Gasteiger partial charge in [0.25, 0.3) is 0 Å². The maximum atomic E-state index is 11.9. The Morgan fingerprint density at radius 2 is 1.67 bits per heavy atom. The van der Waals surface area contributed by atoms with Crippen LogP contribution in [0.5, 0.6) is 0 Å². The van der Waals surface area contributed by atoms with Crippen LogP contribution in [0.15, 0.2) is 11.6 Å². The van der Waals surface area contributed by atoms with Gasteiger partial charge in [0.2, 0.25) is 0 Å². The minimum absolute atomic E-state index is 0.0121. The summed E-state index contributed by atoms with van der Waals surface area (Å²) in [5.41, 5.74) is 2.84. The van der Waals surface area contributed by atoms with E-state index in [9.17, 15) is 9.90 Å². The van der Waals surface area contributed by atoms with Crippen molar-refractivity contribution in [1.82, 2.24) is 0 Å². The molecule has 33 heavy (non-hydrogen) atoms. The van der Waals surface area contributed by atoms with Gasteiger partial charge in [-0.25, -0.2) is 0 Å². The number of rotatable bonds is 2. The van der Waals surface area contributed by atoms with Crippen LogP contribution in [0.25, 0.3) is 0 Å². The lowest BCUT2D eigenvalue weighted by Crippen LogP contribution is -2.64. The van der Waals surface area contributed by atoms with Crippen molar-refractivity contribution in [3.8, 4) is 0 Å². The quantitative estimate of drug-likeness (QED) is 0.344. The van der Waals surface area contributed by atoms with Gasteiger partial charge in [0.1, 0.15) is 6.29 Å². The molecule has 2 heteroatoms. The van der Waals surface area contributed by atoms with Crippen LogP contribution in [-0.4, -0.2) is 17.5 Å². The van der Waals surface area contributed by atoms with Crippen LogP contribution in [0.4, 0.5) is 0 Å². The summed E-state index contributed by atoms with van der Waals surface area (Å²) >= 11 is 0. The number of carbonyl (C=O) groups excluding carboxylic acids is 1. The number of hydrogen-bond donors (Lipinski definition) is 1. The molecule has 186 valence electrons. The van der Waals surface area contributed by atoms with E-state index in [2.05, 4.69) is 54.5 Å². The third-order valence-corrected chi connectivity index (χ3v) is 13.6. The van der Waals surface area contributed by atoms with Crippen molar-refractivity contribution >= 4 is 6.29 Å². The molecule has 4 saturated carbocycles. The Labute approximate surface area is 203 Å². The van der Waals surface area contributed by atoms with Crippen LogP contribution in [0.2, 0.25) is 0 Å². The van der Waals surface area contributed by atoms with Crippen molar-refractivity contribution in [3.05, 3.63) is 11.6 Å². The van der Waals surface area contributed by atoms with Crippen LogP contribution in [0.3, 0.4) is 0 Å². The summed E-state index contributed by atoms with van der Waals surface area (Å²) in [6, 6.07) is 0. The van der Waals surface area contributed by atoms with Crippen LogP contribution in [0, 0.1) is 56.7 Å². The maximum absolute atomic E-state index is 11.9. The van der Waals surface area contributed by atoms with E-state index >= 15 is 0 Å². The summed E-state index contributed by atoms with van der Waals surface area (Å²) in [7, 11) is 0. The Morgan fingerprint density at radius 3 is 2.36 bits per heavy atom. The maximum Gasteiger partial charge on any atom is 0.120 e. The minimum atomic E-state index is -0.159. The SMILES string of the molecule is C[C@H]1[C@H](C)CC[C@]2(CC=O)CC[C@]3(C)C(=CC[C@@H]4[C@@]5(C)CC[C@H](O)C(C)(C)[C@@H]5CC[C@]43C)[C@H]12. The molecule has 5 aliphatic rings. The Hall–Kier alpha value is -0.630. The first-order valence-electron chi connectivity index (χ1n) is 14.2. The summed E-state index contributed by atoms with van der Waals surface area (Å²) in [4.78, 5) is 11.9. The normalized spacial score (nSPS) is 55.3. The van der Waals surface area contributed by atoms with Crippen molar-refractivity contribution in [1.29, 1.82) is 0 Å². The highest BCUT2D eigenvalue weighted by atomic mass is 16.3. The lowest BCUT2D eigenvalue weighted by atomic mass is 9.33.